The Hall–Kier alpha value is -9.17. The van der Waals surface area contributed by atoms with Crippen LogP contribution in [-0.2, 0) is 9.59 Å². The number of aromatic amines is 4. The van der Waals surface area contributed by atoms with Crippen molar-refractivity contribution in [3.8, 4) is 51.0 Å². The number of piperazine rings is 1. The maximum Gasteiger partial charge on any atom is 0.227 e. The lowest BCUT2D eigenvalue weighted by molar-refractivity contribution is -0.120. The van der Waals surface area contributed by atoms with E-state index in [1.807, 2.05) is 79.6 Å². The van der Waals surface area contributed by atoms with E-state index in [4.69, 9.17) is 9.97 Å². The first kappa shape index (κ1) is 47.8. The predicted molar refractivity (Wildman–Crippen MR) is 295 cm³/mol. The van der Waals surface area contributed by atoms with E-state index in [0.29, 0.717) is 35.1 Å². The van der Waals surface area contributed by atoms with E-state index in [1.165, 1.54) is 6.42 Å². The van der Waals surface area contributed by atoms with Gasteiger partial charge in [0.2, 0.25) is 11.8 Å². The molecule has 2 fully saturated rings. The lowest BCUT2D eigenvalue weighted by atomic mass is 9.88. The van der Waals surface area contributed by atoms with Crippen LogP contribution in [0.2, 0.25) is 0 Å². The molecule has 382 valence electrons. The zero-order chi connectivity index (χ0) is 51.7. The van der Waals surface area contributed by atoms with Crippen LogP contribution in [0.25, 0.3) is 94.9 Å². The summed E-state index contributed by atoms with van der Waals surface area (Å²) in [6.07, 6.45) is 24.6. The Morgan fingerprint density at radius 3 is 1.78 bits per heavy atom. The zero-order valence-electron chi connectivity index (χ0n) is 42.4. The van der Waals surface area contributed by atoms with E-state index in [-0.39, 0.29) is 17.7 Å². The molecule has 1 saturated heterocycles. The monoisotopic (exact) mass is 1010 g/mol. The summed E-state index contributed by atoms with van der Waals surface area (Å²) in [4.78, 5) is 68.1. The van der Waals surface area contributed by atoms with Gasteiger partial charge in [-0.1, -0.05) is 38.3 Å². The highest BCUT2D eigenvalue weighted by Gasteiger charge is 2.23. The number of fused-ring (bicyclic) bond motifs is 4. The number of rotatable bonds is 11. The summed E-state index contributed by atoms with van der Waals surface area (Å²) in [5.41, 5.74) is 14.6. The number of pyridine rings is 4. The van der Waals surface area contributed by atoms with Crippen LogP contribution in [0.4, 0.5) is 17.1 Å². The lowest BCUT2D eigenvalue weighted by Crippen LogP contribution is -2.44. The number of hydrogen-bond donors (Lipinski definition) is 6. The first-order valence-corrected chi connectivity index (χ1v) is 25.8. The van der Waals surface area contributed by atoms with Crippen molar-refractivity contribution in [1.29, 1.82) is 0 Å². The number of hydrogen-bond acceptors (Lipinski definition) is 13. The lowest BCUT2D eigenvalue weighted by Gasteiger charge is -2.33. The summed E-state index contributed by atoms with van der Waals surface area (Å²) in [6.45, 7) is 7.85. The van der Waals surface area contributed by atoms with Crippen LogP contribution >= 0.6 is 0 Å². The van der Waals surface area contributed by atoms with Gasteiger partial charge in [0.05, 0.1) is 94.0 Å². The highest BCUT2D eigenvalue weighted by molar-refractivity contribution is 5.99. The van der Waals surface area contributed by atoms with Crippen molar-refractivity contribution in [3.63, 3.8) is 0 Å². The summed E-state index contributed by atoms with van der Waals surface area (Å²) in [5, 5.41) is 23.3. The molecular formula is C56H56N18O2. The first-order valence-electron chi connectivity index (χ1n) is 25.8. The average molecular weight is 1010 g/mol. The molecule has 20 heteroatoms. The Bertz CT molecular complexity index is 3910. The number of nitrogens with zero attached hydrogens (tertiary/aromatic N) is 12. The Labute approximate surface area is 436 Å². The second-order valence-corrected chi connectivity index (χ2v) is 19.7. The summed E-state index contributed by atoms with van der Waals surface area (Å²) in [5.74, 6) is 1.51. The summed E-state index contributed by atoms with van der Waals surface area (Å²) in [7, 11) is 2.15. The maximum absolute atomic E-state index is 12.8. The van der Waals surface area contributed by atoms with Gasteiger partial charge in [-0.15, -0.1) is 0 Å². The summed E-state index contributed by atoms with van der Waals surface area (Å²) < 4.78 is 1.92. The van der Waals surface area contributed by atoms with Crippen LogP contribution in [0.1, 0.15) is 57.6 Å². The van der Waals surface area contributed by atoms with Crippen molar-refractivity contribution in [3.05, 3.63) is 116 Å². The molecule has 1 aliphatic heterocycles. The number of anilines is 3. The molecule has 1 aliphatic carbocycles. The molecule has 20 nitrogen and oxygen atoms in total. The number of carbonyl (C=O) groups is 2. The van der Waals surface area contributed by atoms with Crippen LogP contribution < -0.4 is 15.5 Å². The number of benzene rings is 2. The topological polar surface area (TPSA) is 249 Å². The molecule has 6 N–H and O–H groups in total. The van der Waals surface area contributed by atoms with E-state index >= 15 is 0 Å². The Kier molecular flexibility index (Phi) is 13.0. The highest BCUT2D eigenvalue weighted by atomic mass is 16.2. The average Bonchev–Trinajstić information content (AvgIpc) is 4.34. The van der Waals surface area contributed by atoms with Gasteiger partial charge in [-0.3, -0.25) is 39.7 Å². The molecule has 2 aliphatic rings. The molecule has 11 aromatic rings. The number of carbonyl (C=O) groups excluding carboxylic acids is 2. The molecule has 2 amide bonds. The molecule has 2 aromatic carbocycles. The smallest absolute Gasteiger partial charge is 0.227 e. The van der Waals surface area contributed by atoms with E-state index in [0.717, 1.165) is 147 Å². The van der Waals surface area contributed by atoms with Crippen molar-refractivity contribution in [2.24, 2.45) is 5.92 Å². The van der Waals surface area contributed by atoms with E-state index in [9.17, 15) is 9.59 Å². The fourth-order valence-electron chi connectivity index (χ4n) is 10.2. The zero-order valence-corrected chi connectivity index (χ0v) is 42.4. The molecule has 76 heavy (non-hydrogen) atoms. The minimum absolute atomic E-state index is 0.00987. The first-order chi connectivity index (χ1) is 37.2. The van der Waals surface area contributed by atoms with Crippen LogP contribution in [0.15, 0.2) is 111 Å². The van der Waals surface area contributed by atoms with E-state index in [2.05, 4.69) is 94.9 Å². The summed E-state index contributed by atoms with van der Waals surface area (Å²) >= 11 is 0. The summed E-state index contributed by atoms with van der Waals surface area (Å²) in [6, 6.07) is 16.1. The number of aromatic nitrogens is 14. The fourth-order valence-corrected chi connectivity index (χ4v) is 10.2. The van der Waals surface area contributed by atoms with Crippen LogP contribution in [0, 0.1) is 12.8 Å². The molecule has 10 heterocycles. The van der Waals surface area contributed by atoms with Crippen LogP contribution in [-0.4, -0.2) is 120 Å². The fraction of sp³-hybridized carbons (Fsp3) is 0.268. The Morgan fingerprint density at radius 1 is 0.632 bits per heavy atom. The maximum atomic E-state index is 12.8. The molecular weight excluding hydrogens is 957 g/mol. The number of likely N-dealkylation sites (N-methyl/N-ethyl adjacent to an activating group) is 1. The standard InChI is InChI=1S/C29H27N9O.C27H29N9O/c1-17-15-38(16-32-17)25-14-31-13-24-27(25)35-28(34-24)26-22-10-19(7-8-23(22)36-37-26)20-9-21(12-30-11-20)33-29(39)18-5-3-2-4-6-18;1-3-4-24(37)30-19-11-18(13-28-14-19)17-5-6-21-20(12-17)25(34-33-21)27-31-22-15-29-16-23(26(22)32-27)36-9-7-35(2)8-10-36/h7-16,18H,2-6H2,1H3,(H,33,39)(H,34,35)(H,36,37);5-6,11-16H,3-4,7-10H2,1-2H3,(H,30,37)(H,31,32)(H,33,34). The minimum atomic E-state index is -0.00987. The van der Waals surface area contributed by atoms with Crippen molar-refractivity contribution < 1.29 is 9.59 Å². The van der Waals surface area contributed by atoms with Crippen molar-refractivity contribution in [2.75, 3.05) is 48.8 Å². The number of nitrogens with one attached hydrogen (secondary N) is 6. The van der Waals surface area contributed by atoms with E-state index in [1.54, 1.807) is 37.3 Å². The van der Waals surface area contributed by atoms with Crippen molar-refractivity contribution in [1.82, 2.24) is 74.7 Å². The van der Waals surface area contributed by atoms with Crippen molar-refractivity contribution >= 4 is 72.7 Å². The van der Waals surface area contributed by atoms with Gasteiger partial charge in [-0.05, 0) is 80.8 Å². The predicted octanol–water partition coefficient (Wildman–Crippen LogP) is 9.63. The third-order valence-electron chi connectivity index (χ3n) is 14.3. The van der Waals surface area contributed by atoms with Crippen LogP contribution in [0.5, 0.6) is 0 Å². The van der Waals surface area contributed by atoms with Crippen molar-refractivity contribution in [2.45, 2.75) is 58.8 Å². The second kappa shape index (κ2) is 20.6. The molecule has 0 bridgehead atoms. The molecule has 13 rings (SSSR count). The van der Waals surface area contributed by atoms with Gasteiger partial charge in [-0.25, -0.2) is 15.0 Å². The molecule has 0 unspecified atom stereocenters. The quantitative estimate of drug-likeness (QED) is 0.0707. The molecule has 9 aromatic heterocycles. The number of amides is 2. The van der Waals surface area contributed by atoms with Gasteiger partial charge >= 0.3 is 0 Å². The number of imidazole rings is 3. The highest BCUT2D eigenvalue weighted by Crippen LogP contribution is 2.35. The molecule has 1 saturated carbocycles. The SMILES string of the molecule is CCCC(=O)Nc1cncc(-c2ccc3[nH]nc(-c4nc5c(N6CCN(C)CC6)cncc5[nH]4)c3c2)c1.Cc1cn(-c2cncc3[nH]c(-c4n[nH]c5ccc(-c6cncc(NC(=O)C7CCCCC7)c6)cc45)nc23)cn1. The van der Waals surface area contributed by atoms with Gasteiger partial charge in [0.25, 0.3) is 0 Å². The van der Waals surface area contributed by atoms with Gasteiger partial charge < -0.3 is 35.0 Å². The minimum Gasteiger partial charge on any atom is -0.366 e. The van der Waals surface area contributed by atoms with Gasteiger partial charge in [-0.2, -0.15) is 10.2 Å². The van der Waals surface area contributed by atoms with Gasteiger partial charge in [0.15, 0.2) is 11.6 Å². The third kappa shape index (κ3) is 9.72. The largest absolute Gasteiger partial charge is 0.366 e. The normalized spacial score (nSPS) is 14.4. The number of aryl methyl sites for hydroxylation is 1. The van der Waals surface area contributed by atoms with E-state index < -0.39 is 0 Å². The molecule has 0 spiro atoms. The third-order valence-corrected chi connectivity index (χ3v) is 14.3. The van der Waals surface area contributed by atoms with Gasteiger partial charge in [0, 0.05) is 79.0 Å². The molecule has 0 atom stereocenters. The second-order valence-electron chi connectivity index (χ2n) is 19.7. The van der Waals surface area contributed by atoms with Gasteiger partial charge in [0.1, 0.15) is 22.4 Å². The Morgan fingerprint density at radius 2 is 1.20 bits per heavy atom. The van der Waals surface area contributed by atoms with Crippen LogP contribution in [0.3, 0.4) is 0 Å². The number of H-pyrrole nitrogens is 4. The Balaban J connectivity index is 0.000000153. The molecule has 0 radical (unpaired) electrons.